The van der Waals surface area contributed by atoms with Crippen LogP contribution in [0, 0.1) is 0 Å². The maximum absolute atomic E-state index is 13.8. The summed E-state index contributed by atoms with van der Waals surface area (Å²) in [5.74, 6) is -2.19. The summed E-state index contributed by atoms with van der Waals surface area (Å²) >= 11 is 19.7. The van der Waals surface area contributed by atoms with Gasteiger partial charge >= 0.3 is 5.97 Å². The van der Waals surface area contributed by atoms with Crippen LogP contribution in [0.15, 0.2) is 102 Å². The minimum absolute atomic E-state index is 0.0168. The van der Waals surface area contributed by atoms with Gasteiger partial charge < -0.3 is 14.8 Å². The van der Waals surface area contributed by atoms with E-state index in [1.54, 1.807) is 71.3 Å². The smallest absolute Gasteiger partial charge is 0.329 e. The lowest BCUT2D eigenvalue weighted by molar-refractivity contribution is -0.143. The molecule has 0 radical (unpaired) electrons. The fraction of sp³-hybridized carbons (Fsp3) is 0.103. The fourth-order valence-electron chi connectivity index (χ4n) is 4.60. The summed E-state index contributed by atoms with van der Waals surface area (Å²) in [6, 6.07) is 16.6. The molecular weight excluding hydrogens is 655 g/mol. The molecule has 1 amide bonds. The zero-order valence-corrected chi connectivity index (χ0v) is 26.2. The minimum atomic E-state index is -4.18. The van der Waals surface area contributed by atoms with E-state index in [1.807, 2.05) is 0 Å². The second kappa shape index (κ2) is 12.9. The van der Waals surface area contributed by atoms with Gasteiger partial charge in [0.25, 0.3) is 15.9 Å². The van der Waals surface area contributed by atoms with E-state index in [2.05, 4.69) is 14.8 Å². The Balaban J connectivity index is 1.51. The Kier molecular flexibility index (Phi) is 9.28. The molecule has 5 rings (SSSR count). The number of rotatable bonds is 9. The maximum atomic E-state index is 13.8. The van der Waals surface area contributed by atoms with Crippen molar-refractivity contribution in [3.05, 3.63) is 134 Å². The molecule has 3 aromatic rings. The van der Waals surface area contributed by atoms with Gasteiger partial charge in [0.2, 0.25) is 0 Å². The number of fused-ring (bicyclic) bond motifs is 1. The van der Waals surface area contributed by atoms with Crippen molar-refractivity contribution < 1.29 is 22.7 Å². The lowest BCUT2D eigenvalue weighted by atomic mass is 9.84. The number of hydrogen-bond acceptors (Lipinski definition) is 8. The average molecular weight is 678 g/mol. The highest BCUT2D eigenvalue weighted by atomic mass is 35.5. The first-order valence-electron chi connectivity index (χ1n) is 12.6. The summed E-state index contributed by atoms with van der Waals surface area (Å²) in [6.07, 6.45) is 6.29. The lowest BCUT2D eigenvalue weighted by Crippen LogP contribution is -2.46. The van der Waals surface area contributed by atoms with E-state index in [4.69, 9.17) is 39.5 Å². The number of sulfonamides is 1. The molecule has 0 bridgehead atoms. The zero-order valence-electron chi connectivity index (χ0n) is 22.3. The maximum Gasteiger partial charge on any atom is 0.329 e. The van der Waals surface area contributed by atoms with Crippen LogP contribution in [0.1, 0.15) is 27.4 Å². The van der Waals surface area contributed by atoms with Crippen LogP contribution in [-0.2, 0) is 19.6 Å². The van der Waals surface area contributed by atoms with Crippen LogP contribution in [0.2, 0.25) is 15.1 Å². The number of ether oxygens (including phenoxy) is 1. The fourth-order valence-corrected chi connectivity index (χ4v) is 7.00. The number of benzene rings is 3. The first-order valence-corrected chi connectivity index (χ1v) is 16.0. The Bertz CT molecular complexity index is 1720. The number of hydrogen-bond donors (Lipinski definition) is 3. The Morgan fingerprint density at radius 2 is 1.53 bits per heavy atom. The van der Waals surface area contributed by atoms with E-state index in [0.717, 1.165) is 0 Å². The van der Waals surface area contributed by atoms with Gasteiger partial charge in [0.1, 0.15) is 10.9 Å². The van der Waals surface area contributed by atoms with E-state index in [-0.39, 0.29) is 21.2 Å². The molecule has 0 saturated carbocycles. The van der Waals surface area contributed by atoms with Gasteiger partial charge in [0, 0.05) is 33.4 Å². The average Bonchev–Trinajstić information content (AvgIpc) is 3.47. The van der Waals surface area contributed by atoms with Gasteiger partial charge in [-0.1, -0.05) is 59.1 Å². The normalized spacial score (nSPS) is 14.8. The van der Waals surface area contributed by atoms with E-state index in [0.29, 0.717) is 26.9 Å². The topological polar surface area (TPSA) is 117 Å². The number of halogens is 3. The molecule has 0 aromatic heterocycles. The van der Waals surface area contributed by atoms with Crippen molar-refractivity contribution in [1.82, 2.24) is 14.3 Å². The molecule has 43 heavy (non-hydrogen) atoms. The Morgan fingerprint density at radius 3 is 2.14 bits per heavy atom. The van der Waals surface area contributed by atoms with Gasteiger partial charge in [-0.25, -0.2) is 13.2 Å². The highest BCUT2D eigenvalue weighted by Gasteiger charge is 2.35. The quantitative estimate of drug-likeness (QED) is 0.181. The first-order chi connectivity index (χ1) is 20.6. The predicted octanol–water partition coefficient (Wildman–Crippen LogP) is 6.21. The third kappa shape index (κ3) is 6.81. The van der Waals surface area contributed by atoms with Crippen LogP contribution in [-0.4, -0.2) is 37.8 Å². The molecule has 1 atom stereocenters. The molecule has 0 unspecified atom stereocenters. The summed E-state index contributed by atoms with van der Waals surface area (Å²) in [4.78, 5) is 27.0. The van der Waals surface area contributed by atoms with Crippen LogP contribution in [0.5, 0.6) is 0 Å². The van der Waals surface area contributed by atoms with E-state index in [9.17, 15) is 18.0 Å². The summed E-state index contributed by atoms with van der Waals surface area (Å²) in [6.45, 7) is 0. The highest BCUT2D eigenvalue weighted by Crippen LogP contribution is 2.35. The Hall–Kier alpha value is -3.61. The molecule has 0 fully saturated rings. The number of nitrogens with zero attached hydrogens (tertiary/aromatic N) is 1. The second-order valence-corrected chi connectivity index (χ2v) is 13.1. The molecule has 2 aliphatic rings. The number of methoxy groups -OCH3 is 1. The van der Waals surface area contributed by atoms with Gasteiger partial charge in [-0.2, -0.15) is 0 Å². The van der Waals surface area contributed by atoms with Crippen LogP contribution in [0.3, 0.4) is 0 Å². The van der Waals surface area contributed by atoms with Crippen LogP contribution < -0.4 is 14.8 Å². The van der Waals surface area contributed by atoms with Gasteiger partial charge in [0.05, 0.1) is 36.2 Å². The molecular formula is C29H23Cl3N4O5S2. The molecule has 0 spiro atoms. The zero-order chi connectivity index (χ0) is 30.7. The van der Waals surface area contributed by atoms with Crippen LogP contribution >= 0.6 is 46.9 Å². The van der Waals surface area contributed by atoms with Crippen molar-refractivity contribution >= 4 is 74.5 Å². The number of carbonyl (C=O) groups is 2. The van der Waals surface area contributed by atoms with Crippen LogP contribution in [0.4, 0.5) is 5.69 Å². The third-order valence-electron chi connectivity index (χ3n) is 6.60. The van der Waals surface area contributed by atoms with Crippen LogP contribution in [0.25, 0.3) is 0 Å². The van der Waals surface area contributed by atoms with Crippen molar-refractivity contribution in [2.24, 2.45) is 0 Å². The molecule has 3 N–H and O–H groups in total. The largest absolute Gasteiger partial charge is 0.467 e. The summed E-state index contributed by atoms with van der Waals surface area (Å²) in [7, 11) is -2.97. The second-order valence-electron chi connectivity index (χ2n) is 9.29. The summed E-state index contributed by atoms with van der Waals surface area (Å²) < 4.78 is 39.1. The molecule has 9 nitrogen and oxygen atoms in total. The van der Waals surface area contributed by atoms with Gasteiger partial charge in [-0.05, 0) is 65.7 Å². The lowest BCUT2D eigenvalue weighted by Gasteiger charge is -2.28. The van der Waals surface area contributed by atoms with Gasteiger partial charge in [0.15, 0.2) is 0 Å². The molecule has 2 heterocycles. The number of allylic oxidation sites excluding steroid dienone is 2. The number of carbonyl (C=O) groups excluding carboxylic acids is 2. The van der Waals surface area contributed by atoms with Gasteiger partial charge in [-0.15, -0.1) is 0 Å². The van der Waals surface area contributed by atoms with Crippen molar-refractivity contribution in [2.45, 2.75) is 12.0 Å². The van der Waals surface area contributed by atoms with Crippen molar-refractivity contribution in [2.75, 3.05) is 11.8 Å². The monoisotopic (exact) mass is 676 g/mol. The number of anilines is 1. The number of nitrogens with one attached hydrogen (secondary N) is 3. The van der Waals surface area contributed by atoms with Crippen molar-refractivity contribution in [1.29, 1.82) is 0 Å². The molecule has 14 heteroatoms. The van der Waals surface area contributed by atoms with E-state index in [1.165, 1.54) is 43.5 Å². The minimum Gasteiger partial charge on any atom is -0.467 e. The van der Waals surface area contributed by atoms with E-state index >= 15 is 0 Å². The highest BCUT2D eigenvalue weighted by molar-refractivity contribution is 7.97. The van der Waals surface area contributed by atoms with Crippen molar-refractivity contribution in [3.8, 4) is 0 Å². The predicted molar refractivity (Wildman–Crippen MR) is 170 cm³/mol. The standard InChI is InChI=1S/C29H23Cl3N4O5S2/c1-41-29(38)27(26(17-4-8-19(30)9-5-17)18-6-10-20(31)11-7-18)34-28(37)22-13-12-21(32)15-23(22)35-43(39,40)25-3-2-14-36-24(25)16-33-42-36/h2-16,26-27,33,35H,1H3,(H,34,37)/t27-/m0/s1. The van der Waals surface area contributed by atoms with E-state index < -0.39 is 33.9 Å². The third-order valence-corrected chi connectivity index (χ3v) is 9.49. The van der Waals surface area contributed by atoms with Crippen molar-refractivity contribution in [3.63, 3.8) is 0 Å². The Labute approximate surface area is 267 Å². The molecule has 0 aliphatic carbocycles. The Morgan fingerprint density at radius 1 is 0.930 bits per heavy atom. The summed E-state index contributed by atoms with van der Waals surface area (Å²) in [5, 5.41) is 3.93. The number of esters is 1. The summed E-state index contributed by atoms with van der Waals surface area (Å²) in [5.41, 5.74) is 1.59. The SMILES string of the molecule is COC(=O)[C@@H](NC(=O)c1ccc(Cl)cc1NS(=O)(=O)C1=CC=CN2SNC=C12)C(c1ccc(Cl)cc1)c1ccc(Cl)cc1. The molecule has 222 valence electrons. The molecule has 3 aromatic carbocycles. The first kappa shape index (κ1) is 30.8. The molecule has 0 saturated heterocycles. The van der Waals surface area contributed by atoms with Gasteiger partial charge in [-0.3, -0.25) is 13.8 Å². The number of amides is 1. The molecule has 2 aliphatic heterocycles.